The Labute approximate surface area is 172 Å². The van der Waals surface area contributed by atoms with Gasteiger partial charge < -0.3 is 14.6 Å². The number of hydrogen-bond acceptors (Lipinski definition) is 5. The van der Waals surface area contributed by atoms with Crippen molar-refractivity contribution in [3.8, 4) is 17.2 Å². The summed E-state index contributed by atoms with van der Waals surface area (Å²) in [6.45, 7) is 0.141. The maximum absolute atomic E-state index is 12.3. The Balaban J connectivity index is 1.45. The Bertz CT molecular complexity index is 1100. The van der Waals surface area contributed by atoms with E-state index in [-0.39, 0.29) is 12.5 Å². The van der Waals surface area contributed by atoms with Crippen molar-refractivity contribution in [3.05, 3.63) is 87.9 Å². The number of phenols is 1. The number of carbonyl (C=O) groups excluding carboxylic acids is 1. The lowest BCUT2D eigenvalue weighted by atomic mass is 10.0. The molecule has 0 saturated carbocycles. The van der Waals surface area contributed by atoms with Crippen molar-refractivity contribution in [1.82, 2.24) is 5.43 Å². The molecule has 0 radical (unpaired) electrons. The Kier molecular flexibility index (Phi) is 5.35. The number of carbonyl (C=O) groups is 1. The normalized spacial score (nSPS) is 12.3. The standard InChI is InChI=1S/C22H17ClN2O4/c23-18-4-2-1-3-15(18)9-14-5-7-19(26)17(10-14)12-24-25-22(27)16-6-8-20-21(11-16)29-13-28-20/h1-8,10-12,26H,9,13H2,(H,25,27). The van der Waals surface area contributed by atoms with Gasteiger partial charge in [0.15, 0.2) is 11.5 Å². The zero-order chi connectivity index (χ0) is 20.2. The molecular formula is C22H17ClN2O4. The number of ether oxygens (including phenoxy) is 2. The number of benzene rings is 3. The first kappa shape index (κ1) is 18.8. The second kappa shape index (κ2) is 8.24. The van der Waals surface area contributed by atoms with Crippen molar-refractivity contribution in [2.24, 2.45) is 5.10 Å². The summed E-state index contributed by atoms with van der Waals surface area (Å²) in [4.78, 5) is 12.3. The first-order valence-corrected chi connectivity index (χ1v) is 9.26. The van der Waals surface area contributed by atoms with E-state index in [0.717, 1.165) is 11.1 Å². The van der Waals surface area contributed by atoms with Crippen molar-refractivity contribution in [1.29, 1.82) is 0 Å². The van der Waals surface area contributed by atoms with E-state index >= 15 is 0 Å². The molecule has 7 heteroatoms. The predicted octanol–water partition coefficient (Wildman–Crippen LogP) is 4.13. The third-order valence-corrected chi connectivity index (χ3v) is 4.82. The first-order chi connectivity index (χ1) is 14.1. The molecule has 0 aliphatic carbocycles. The molecule has 6 nitrogen and oxygen atoms in total. The van der Waals surface area contributed by atoms with Gasteiger partial charge in [-0.15, -0.1) is 0 Å². The topological polar surface area (TPSA) is 80.2 Å². The molecule has 3 aromatic carbocycles. The summed E-state index contributed by atoms with van der Waals surface area (Å²) in [6, 6.07) is 17.7. The number of nitrogens with one attached hydrogen (secondary N) is 1. The van der Waals surface area contributed by atoms with Crippen molar-refractivity contribution in [2.45, 2.75) is 6.42 Å². The Morgan fingerprint density at radius 3 is 2.79 bits per heavy atom. The first-order valence-electron chi connectivity index (χ1n) is 8.88. The van der Waals surface area contributed by atoms with E-state index in [1.54, 1.807) is 30.3 Å². The van der Waals surface area contributed by atoms with E-state index in [2.05, 4.69) is 10.5 Å². The van der Waals surface area contributed by atoms with Gasteiger partial charge in [0.2, 0.25) is 6.79 Å². The van der Waals surface area contributed by atoms with Crippen LogP contribution in [0.2, 0.25) is 5.02 Å². The van der Waals surface area contributed by atoms with E-state index < -0.39 is 5.91 Å². The number of halogens is 1. The lowest BCUT2D eigenvalue weighted by Gasteiger charge is -2.07. The fourth-order valence-electron chi connectivity index (χ4n) is 2.94. The summed E-state index contributed by atoms with van der Waals surface area (Å²) in [6.07, 6.45) is 2.01. The number of aromatic hydroxyl groups is 1. The summed E-state index contributed by atoms with van der Waals surface area (Å²) in [7, 11) is 0. The Morgan fingerprint density at radius 2 is 1.93 bits per heavy atom. The van der Waals surface area contributed by atoms with E-state index in [9.17, 15) is 9.90 Å². The second-order valence-electron chi connectivity index (χ2n) is 6.43. The summed E-state index contributed by atoms with van der Waals surface area (Å²) < 4.78 is 10.5. The van der Waals surface area contributed by atoms with E-state index in [1.807, 2.05) is 30.3 Å². The molecule has 1 heterocycles. The van der Waals surface area contributed by atoms with Crippen LogP contribution < -0.4 is 14.9 Å². The highest BCUT2D eigenvalue weighted by atomic mass is 35.5. The molecule has 0 spiro atoms. The molecule has 1 amide bonds. The number of nitrogens with zero attached hydrogens (tertiary/aromatic N) is 1. The number of fused-ring (bicyclic) bond motifs is 1. The van der Waals surface area contributed by atoms with Crippen LogP contribution in [0.5, 0.6) is 17.2 Å². The van der Waals surface area contributed by atoms with Crippen molar-refractivity contribution >= 4 is 23.7 Å². The largest absolute Gasteiger partial charge is 0.507 e. The Morgan fingerprint density at radius 1 is 1.10 bits per heavy atom. The highest BCUT2D eigenvalue weighted by molar-refractivity contribution is 6.31. The quantitative estimate of drug-likeness (QED) is 0.491. The molecule has 146 valence electrons. The smallest absolute Gasteiger partial charge is 0.271 e. The van der Waals surface area contributed by atoms with E-state index in [0.29, 0.717) is 34.1 Å². The van der Waals surface area contributed by atoms with Crippen LogP contribution in [0.3, 0.4) is 0 Å². The maximum Gasteiger partial charge on any atom is 0.271 e. The lowest BCUT2D eigenvalue weighted by molar-refractivity contribution is 0.0954. The number of phenolic OH excluding ortho intramolecular Hbond substituents is 1. The van der Waals surface area contributed by atoms with Crippen LogP contribution in [0.1, 0.15) is 27.0 Å². The monoisotopic (exact) mass is 408 g/mol. The SMILES string of the molecule is O=C(NN=Cc1cc(Cc2ccccc2Cl)ccc1O)c1ccc2c(c1)OCO2. The Hall–Kier alpha value is -3.51. The summed E-state index contributed by atoms with van der Waals surface area (Å²) >= 11 is 6.22. The van der Waals surface area contributed by atoms with Crippen LogP contribution in [0.4, 0.5) is 0 Å². The molecule has 3 aromatic rings. The van der Waals surface area contributed by atoms with Gasteiger partial charge >= 0.3 is 0 Å². The van der Waals surface area contributed by atoms with Gasteiger partial charge in [0, 0.05) is 16.1 Å². The van der Waals surface area contributed by atoms with E-state index in [4.69, 9.17) is 21.1 Å². The van der Waals surface area contributed by atoms with Crippen LogP contribution in [-0.2, 0) is 6.42 Å². The van der Waals surface area contributed by atoms with Crippen molar-refractivity contribution < 1.29 is 19.4 Å². The number of rotatable bonds is 5. The predicted molar refractivity (Wildman–Crippen MR) is 110 cm³/mol. The molecule has 0 aromatic heterocycles. The lowest BCUT2D eigenvalue weighted by Crippen LogP contribution is -2.17. The van der Waals surface area contributed by atoms with Gasteiger partial charge in [0.1, 0.15) is 5.75 Å². The minimum Gasteiger partial charge on any atom is -0.507 e. The zero-order valence-electron chi connectivity index (χ0n) is 15.3. The molecule has 0 fully saturated rings. The highest BCUT2D eigenvalue weighted by Gasteiger charge is 2.16. The molecule has 4 rings (SSSR count). The molecule has 1 aliphatic heterocycles. The average Bonchev–Trinajstić information content (AvgIpc) is 3.19. The second-order valence-corrected chi connectivity index (χ2v) is 6.84. The molecule has 1 aliphatic rings. The molecule has 29 heavy (non-hydrogen) atoms. The fourth-order valence-corrected chi connectivity index (χ4v) is 3.14. The third-order valence-electron chi connectivity index (χ3n) is 4.45. The third kappa shape index (κ3) is 4.33. The molecule has 2 N–H and O–H groups in total. The molecule has 0 saturated heterocycles. The average molecular weight is 409 g/mol. The van der Waals surface area contributed by atoms with Crippen molar-refractivity contribution in [2.75, 3.05) is 6.79 Å². The molecule has 0 bridgehead atoms. The molecular weight excluding hydrogens is 392 g/mol. The minimum atomic E-state index is -0.397. The fraction of sp³-hybridized carbons (Fsp3) is 0.0909. The van der Waals surface area contributed by atoms with Crippen LogP contribution in [0, 0.1) is 0 Å². The van der Waals surface area contributed by atoms with E-state index in [1.165, 1.54) is 6.21 Å². The maximum atomic E-state index is 12.3. The summed E-state index contributed by atoms with van der Waals surface area (Å²) in [5, 5.41) is 14.7. The highest BCUT2D eigenvalue weighted by Crippen LogP contribution is 2.32. The summed E-state index contributed by atoms with van der Waals surface area (Å²) in [5.41, 5.74) is 5.27. The van der Waals surface area contributed by atoms with Crippen LogP contribution in [0.15, 0.2) is 65.8 Å². The number of hydrazone groups is 1. The van der Waals surface area contributed by atoms with Gasteiger partial charge in [-0.2, -0.15) is 5.10 Å². The van der Waals surface area contributed by atoms with Crippen LogP contribution >= 0.6 is 11.6 Å². The minimum absolute atomic E-state index is 0.0639. The van der Waals surface area contributed by atoms with Crippen LogP contribution in [-0.4, -0.2) is 24.0 Å². The van der Waals surface area contributed by atoms with Gasteiger partial charge in [-0.1, -0.05) is 35.9 Å². The van der Waals surface area contributed by atoms with Gasteiger partial charge in [0.05, 0.1) is 6.21 Å². The van der Waals surface area contributed by atoms with Crippen molar-refractivity contribution in [3.63, 3.8) is 0 Å². The zero-order valence-corrected chi connectivity index (χ0v) is 16.0. The number of hydrogen-bond donors (Lipinski definition) is 2. The number of amides is 1. The van der Waals surface area contributed by atoms with Crippen LogP contribution in [0.25, 0.3) is 0 Å². The van der Waals surface area contributed by atoms with Gasteiger partial charge in [0.25, 0.3) is 5.91 Å². The summed E-state index contributed by atoms with van der Waals surface area (Å²) in [5.74, 6) is 0.789. The molecule has 0 atom stereocenters. The van der Waals surface area contributed by atoms with Gasteiger partial charge in [-0.3, -0.25) is 4.79 Å². The van der Waals surface area contributed by atoms with Gasteiger partial charge in [-0.05, 0) is 53.9 Å². The van der Waals surface area contributed by atoms with Gasteiger partial charge in [-0.25, -0.2) is 5.43 Å². The molecule has 0 unspecified atom stereocenters.